The van der Waals surface area contributed by atoms with Gasteiger partial charge in [0.15, 0.2) is 0 Å². The van der Waals surface area contributed by atoms with Crippen molar-refractivity contribution in [2.75, 3.05) is 19.6 Å². The summed E-state index contributed by atoms with van der Waals surface area (Å²) in [7, 11) is -3.64. The van der Waals surface area contributed by atoms with E-state index in [9.17, 15) is 13.2 Å². The first kappa shape index (κ1) is 20.2. The SMILES string of the molecule is Cl.O=C(NC1CCCNC1)C1CCCCN1S(=O)(=O)c1ccccc1. The Labute approximate surface area is 155 Å². The Morgan fingerprint density at radius 2 is 1.88 bits per heavy atom. The number of halogens is 1. The van der Waals surface area contributed by atoms with Crippen molar-refractivity contribution >= 4 is 28.3 Å². The van der Waals surface area contributed by atoms with Crippen LogP contribution in [0.5, 0.6) is 0 Å². The highest BCUT2D eigenvalue weighted by molar-refractivity contribution is 7.89. The largest absolute Gasteiger partial charge is 0.351 e. The first-order chi connectivity index (χ1) is 11.6. The van der Waals surface area contributed by atoms with Crippen molar-refractivity contribution in [3.8, 4) is 0 Å². The van der Waals surface area contributed by atoms with Gasteiger partial charge >= 0.3 is 0 Å². The Morgan fingerprint density at radius 1 is 1.12 bits per heavy atom. The summed E-state index contributed by atoms with van der Waals surface area (Å²) in [5.41, 5.74) is 0. The van der Waals surface area contributed by atoms with Crippen molar-refractivity contribution in [1.29, 1.82) is 0 Å². The second-order valence-corrected chi connectivity index (χ2v) is 8.38. The van der Waals surface area contributed by atoms with Crippen LogP contribution in [0, 0.1) is 0 Å². The standard InChI is InChI=1S/C17H25N3O3S.ClH/c21-17(19-14-7-6-11-18-13-14)16-10-4-5-12-20(16)24(22,23)15-8-2-1-3-9-15;/h1-3,8-9,14,16,18H,4-7,10-13H2,(H,19,21);1H. The minimum Gasteiger partial charge on any atom is -0.351 e. The van der Waals surface area contributed by atoms with Crippen LogP contribution >= 0.6 is 12.4 Å². The first-order valence-electron chi connectivity index (χ1n) is 8.67. The highest BCUT2D eigenvalue weighted by Crippen LogP contribution is 2.25. The molecule has 2 fully saturated rings. The van der Waals surface area contributed by atoms with Crippen LogP contribution in [0.3, 0.4) is 0 Å². The summed E-state index contributed by atoms with van der Waals surface area (Å²) in [5.74, 6) is -0.164. The van der Waals surface area contributed by atoms with Crippen molar-refractivity contribution in [3.05, 3.63) is 30.3 Å². The molecular weight excluding hydrogens is 362 g/mol. The predicted molar refractivity (Wildman–Crippen MR) is 99.3 cm³/mol. The van der Waals surface area contributed by atoms with Crippen LogP contribution in [0.4, 0.5) is 0 Å². The molecule has 2 aliphatic heterocycles. The highest BCUT2D eigenvalue weighted by atomic mass is 35.5. The maximum absolute atomic E-state index is 12.9. The zero-order chi connectivity index (χ0) is 17.0. The summed E-state index contributed by atoms with van der Waals surface area (Å²) >= 11 is 0. The lowest BCUT2D eigenvalue weighted by molar-refractivity contribution is -0.126. The first-order valence-corrected chi connectivity index (χ1v) is 10.1. The zero-order valence-corrected chi connectivity index (χ0v) is 15.8. The normalized spacial score (nSPS) is 25.0. The smallest absolute Gasteiger partial charge is 0.243 e. The predicted octanol–water partition coefficient (Wildman–Crippen LogP) is 1.52. The Balaban J connectivity index is 0.00000225. The summed E-state index contributed by atoms with van der Waals surface area (Å²) in [4.78, 5) is 13.0. The molecule has 6 nitrogen and oxygen atoms in total. The van der Waals surface area contributed by atoms with Crippen molar-refractivity contribution in [2.45, 2.75) is 49.1 Å². The van der Waals surface area contributed by atoms with Gasteiger partial charge in [-0.05, 0) is 44.4 Å². The van der Waals surface area contributed by atoms with Gasteiger partial charge in [-0.3, -0.25) is 4.79 Å². The third-order valence-electron chi connectivity index (χ3n) is 4.75. The summed E-state index contributed by atoms with van der Waals surface area (Å²) in [6.45, 7) is 2.13. The third-order valence-corrected chi connectivity index (χ3v) is 6.67. The number of carbonyl (C=O) groups is 1. The average Bonchev–Trinajstić information content (AvgIpc) is 2.63. The van der Waals surface area contributed by atoms with Gasteiger partial charge in [0.2, 0.25) is 15.9 Å². The molecule has 2 heterocycles. The van der Waals surface area contributed by atoms with Gasteiger partial charge in [0, 0.05) is 19.1 Å². The van der Waals surface area contributed by atoms with E-state index in [-0.39, 0.29) is 29.3 Å². The molecule has 140 valence electrons. The fourth-order valence-corrected chi connectivity index (χ4v) is 5.13. The number of hydrogen-bond donors (Lipinski definition) is 2. The van der Waals surface area contributed by atoms with Crippen molar-refractivity contribution in [1.82, 2.24) is 14.9 Å². The molecule has 0 aromatic heterocycles. The number of benzene rings is 1. The van der Waals surface area contributed by atoms with E-state index >= 15 is 0 Å². The van der Waals surface area contributed by atoms with Gasteiger partial charge in [0.05, 0.1) is 4.90 Å². The summed E-state index contributed by atoms with van der Waals surface area (Å²) < 4.78 is 27.2. The Bertz CT molecular complexity index is 663. The minimum atomic E-state index is -3.64. The van der Waals surface area contributed by atoms with Crippen molar-refractivity contribution in [2.24, 2.45) is 0 Å². The van der Waals surface area contributed by atoms with E-state index in [2.05, 4.69) is 10.6 Å². The number of nitrogens with zero attached hydrogens (tertiary/aromatic N) is 1. The molecule has 1 aromatic rings. The van der Waals surface area contributed by atoms with E-state index in [0.29, 0.717) is 13.0 Å². The summed E-state index contributed by atoms with van der Waals surface area (Å²) in [6, 6.07) is 7.86. The fourth-order valence-electron chi connectivity index (χ4n) is 3.45. The number of piperidine rings is 2. The Kier molecular flexibility index (Phi) is 7.25. The topological polar surface area (TPSA) is 78.5 Å². The molecule has 0 aliphatic carbocycles. The third kappa shape index (κ3) is 4.73. The van der Waals surface area contributed by atoms with Crippen LogP contribution in [0.1, 0.15) is 32.1 Å². The quantitative estimate of drug-likeness (QED) is 0.821. The number of nitrogens with one attached hydrogen (secondary N) is 2. The zero-order valence-electron chi connectivity index (χ0n) is 14.2. The molecule has 2 saturated heterocycles. The molecule has 2 aliphatic rings. The van der Waals surface area contributed by atoms with Crippen LogP contribution in [0.15, 0.2) is 35.2 Å². The second-order valence-electron chi connectivity index (χ2n) is 6.49. The van der Waals surface area contributed by atoms with Gasteiger partial charge in [-0.25, -0.2) is 8.42 Å². The van der Waals surface area contributed by atoms with E-state index in [1.807, 2.05) is 0 Å². The minimum absolute atomic E-state index is 0. The molecule has 1 amide bonds. The Morgan fingerprint density at radius 3 is 2.56 bits per heavy atom. The van der Waals surface area contributed by atoms with Crippen molar-refractivity contribution in [3.63, 3.8) is 0 Å². The monoisotopic (exact) mass is 387 g/mol. The number of carbonyl (C=O) groups excluding carboxylic acids is 1. The number of hydrogen-bond acceptors (Lipinski definition) is 4. The van der Waals surface area contributed by atoms with E-state index in [4.69, 9.17) is 0 Å². The van der Waals surface area contributed by atoms with Gasteiger partial charge in [-0.2, -0.15) is 4.31 Å². The number of sulfonamides is 1. The van der Waals surface area contributed by atoms with Crippen molar-refractivity contribution < 1.29 is 13.2 Å². The maximum Gasteiger partial charge on any atom is 0.243 e. The molecule has 2 unspecified atom stereocenters. The van der Waals surface area contributed by atoms with Gasteiger partial charge in [-0.15, -0.1) is 12.4 Å². The van der Waals surface area contributed by atoms with Crippen LogP contribution in [-0.2, 0) is 14.8 Å². The van der Waals surface area contributed by atoms with E-state index in [0.717, 1.165) is 38.8 Å². The maximum atomic E-state index is 12.9. The molecular formula is C17H26ClN3O3S. The van der Waals surface area contributed by atoms with Crippen LogP contribution in [0.25, 0.3) is 0 Å². The van der Waals surface area contributed by atoms with Gasteiger partial charge in [-0.1, -0.05) is 24.6 Å². The molecule has 2 atom stereocenters. The molecule has 1 aromatic carbocycles. The molecule has 25 heavy (non-hydrogen) atoms. The van der Waals surface area contributed by atoms with E-state index < -0.39 is 16.1 Å². The van der Waals surface area contributed by atoms with Gasteiger partial charge < -0.3 is 10.6 Å². The van der Waals surface area contributed by atoms with Gasteiger partial charge in [0.25, 0.3) is 0 Å². The molecule has 0 bridgehead atoms. The lowest BCUT2D eigenvalue weighted by Crippen LogP contribution is -2.55. The summed E-state index contributed by atoms with van der Waals surface area (Å²) in [5, 5.41) is 6.30. The second kappa shape index (κ2) is 8.98. The van der Waals surface area contributed by atoms with Crippen LogP contribution < -0.4 is 10.6 Å². The summed E-state index contributed by atoms with van der Waals surface area (Å²) in [6.07, 6.45) is 4.22. The fraction of sp³-hybridized carbons (Fsp3) is 0.588. The molecule has 0 spiro atoms. The van der Waals surface area contributed by atoms with E-state index in [1.165, 1.54) is 4.31 Å². The highest BCUT2D eigenvalue weighted by Gasteiger charge is 2.38. The Hall–Kier alpha value is -1.15. The lowest BCUT2D eigenvalue weighted by atomic mass is 10.0. The van der Waals surface area contributed by atoms with Crippen LogP contribution in [-0.4, -0.2) is 50.3 Å². The molecule has 2 N–H and O–H groups in total. The van der Waals surface area contributed by atoms with E-state index in [1.54, 1.807) is 30.3 Å². The number of amides is 1. The molecule has 3 rings (SSSR count). The molecule has 8 heteroatoms. The van der Waals surface area contributed by atoms with Gasteiger partial charge in [0.1, 0.15) is 6.04 Å². The average molecular weight is 388 g/mol. The van der Waals surface area contributed by atoms with Crippen LogP contribution in [0.2, 0.25) is 0 Å². The number of rotatable bonds is 4. The lowest BCUT2D eigenvalue weighted by Gasteiger charge is -2.35. The molecule has 0 radical (unpaired) electrons. The molecule has 0 saturated carbocycles.